The zero-order valence-corrected chi connectivity index (χ0v) is 11.1. The fourth-order valence-corrected chi connectivity index (χ4v) is 2.95. The van der Waals surface area contributed by atoms with E-state index in [1.54, 1.807) is 0 Å². The standard InChI is InChI=1S/C13H25N3O/c1-3-15-8-9-16(10-11(15)2)13(17)12-6-4-5-7-14-12/h11-12,14H,3-10H2,1-2H3. The Morgan fingerprint density at radius 2 is 2.18 bits per heavy atom. The molecule has 1 N–H and O–H groups in total. The Bertz CT molecular complexity index is 263. The molecule has 2 rings (SSSR count). The minimum atomic E-state index is 0.0872. The minimum absolute atomic E-state index is 0.0872. The van der Waals surface area contributed by atoms with E-state index in [2.05, 4.69) is 29.0 Å². The van der Waals surface area contributed by atoms with Crippen LogP contribution in [0.15, 0.2) is 0 Å². The molecule has 0 aromatic rings. The van der Waals surface area contributed by atoms with Crippen LogP contribution < -0.4 is 5.32 Å². The highest BCUT2D eigenvalue weighted by Crippen LogP contribution is 2.14. The summed E-state index contributed by atoms with van der Waals surface area (Å²) in [7, 11) is 0. The van der Waals surface area contributed by atoms with Crippen molar-refractivity contribution in [2.45, 2.75) is 45.2 Å². The molecule has 0 radical (unpaired) electrons. The Morgan fingerprint density at radius 3 is 2.76 bits per heavy atom. The van der Waals surface area contributed by atoms with Gasteiger partial charge in [-0.1, -0.05) is 13.3 Å². The molecule has 0 aromatic carbocycles. The Balaban J connectivity index is 1.87. The topological polar surface area (TPSA) is 35.6 Å². The smallest absolute Gasteiger partial charge is 0.239 e. The van der Waals surface area contributed by atoms with Crippen molar-refractivity contribution in [3.05, 3.63) is 0 Å². The maximum absolute atomic E-state index is 12.3. The van der Waals surface area contributed by atoms with Crippen LogP contribution in [0.5, 0.6) is 0 Å². The Kier molecular flexibility index (Phi) is 4.40. The molecule has 2 atom stereocenters. The first-order chi connectivity index (χ1) is 8.22. The van der Waals surface area contributed by atoms with Gasteiger partial charge in [0.1, 0.15) is 0 Å². The zero-order valence-electron chi connectivity index (χ0n) is 11.1. The van der Waals surface area contributed by atoms with E-state index in [1.165, 1.54) is 12.8 Å². The number of amides is 1. The van der Waals surface area contributed by atoms with Crippen LogP contribution in [0.1, 0.15) is 33.1 Å². The normalized spacial score (nSPS) is 31.5. The summed E-state index contributed by atoms with van der Waals surface area (Å²) in [5, 5.41) is 3.35. The molecule has 4 nitrogen and oxygen atoms in total. The third kappa shape index (κ3) is 2.99. The summed E-state index contributed by atoms with van der Waals surface area (Å²) >= 11 is 0. The SMILES string of the molecule is CCN1CCN(C(=O)C2CCCCN2)CC1C. The van der Waals surface area contributed by atoms with Crippen molar-refractivity contribution in [1.82, 2.24) is 15.1 Å². The lowest BCUT2D eigenvalue weighted by Crippen LogP contribution is -2.57. The summed E-state index contributed by atoms with van der Waals surface area (Å²) in [5.41, 5.74) is 0. The monoisotopic (exact) mass is 239 g/mol. The molecule has 2 aliphatic rings. The van der Waals surface area contributed by atoms with Crippen molar-refractivity contribution < 1.29 is 4.79 Å². The molecule has 1 amide bonds. The Labute approximate surface area is 104 Å². The van der Waals surface area contributed by atoms with Gasteiger partial charge in [0, 0.05) is 25.7 Å². The quantitative estimate of drug-likeness (QED) is 0.770. The largest absolute Gasteiger partial charge is 0.339 e. The van der Waals surface area contributed by atoms with Crippen LogP contribution in [0.2, 0.25) is 0 Å². The third-order valence-corrected chi connectivity index (χ3v) is 4.09. The van der Waals surface area contributed by atoms with Gasteiger partial charge in [-0.25, -0.2) is 0 Å². The van der Waals surface area contributed by atoms with Crippen LogP contribution in [0.3, 0.4) is 0 Å². The van der Waals surface area contributed by atoms with E-state index in [-0.39, 0.29) is 6.04 Å². The van der Waals surface area contributed by atoms with Crippen molar-refractivity contribution in [1.29, 1.82) is 0 Å². The number of piperidine rings is 1. The van der Waals surface area contributed by atoms with E-state index < -0.39 is 0 Å². The van der Waals surface area contributed by atoms with Crippen LogP contribution in [-0.2, 0) is 4.79 Å². The second-order valence-electron chi connectivity index (χ2n) is 5.26. The van der Waals surface area contributed by atoms with Gasteiger partial charge in [-0.05, 0) is 32.9 Å². The molecule has 2 saturated heterocycles. The average Bonchev–Trinajstić information content (AvgIpc) is 2.39. The van der Waals surface area contributed by atoms with Crippen LogP contribution in [-0.4, -0.2) is 60.5 Å². The number of hydrogen-bond donors (Lipinski definition) is 1. The molecule has 4 heteroatoms. The van der Waals surface area contributed by atoms with Crippen LogP contribution in [0, 0.1) is 0 Å². The number of piperazine rings is 1. The summed E-state index contributed by atoms with van der Waals surface area (Å²) in [4.78, 5) is 16.8. The number of nitrogens with one attached hydrogen (secondary N) is 1. The van der Waals surface area contributed by atoms with E-state index in [9.17, 15) is 4.79 Å². The lowest BCUT2D eigenvalue weighted by molar-refractivity contribution is -0.136. The predicted molar refractivity (Wildman–Crippen MR) is 68.9 cm³/mol. The van der Waals surface area contributed by atoms with Gasteiger partial charge in [-0.15, -0.1) is 0 Å². The first kappa shape index (κ1) is 12.8. The van der Waals surface area contributed by atoms with Crippen molar-refractivity contribution >= 4 is 5.91 Å². The molecular weight excluding hydrogens is 214 g/mol. The molecule has 0 saturated carbocycles. The highest BCUT2D eigenvalue weighted by molar-refractivity contribution is 5.82. The van der Waals surface area contributed by atoms with Gasteiger partial charge >= 0.3 is 0 Å². The van der Waals surface area contributed by atoms with Crippen molar-refractivity contribution in [2.24, 2.45) is 0 Å². The van der Waals surface area contributed by atoms with Crippen molar-refractivity contribution in [2.75, 3.05) is 32.7 Å². The van der Waals surface area contributed by atoms with Gasteiger partial charge in [0.05, 0.1) is 6.04 Å². The zero-order chi connectivity index (χ0) is 12.3. The first-order valence-corrected chi connectivity index (χ1v) is 6.98. The van der Waals surface area contributed by atoms with E-state index in [4.69, 9.17) is 0 Å². The molecule has 98 valence electrons. The predicted octanol–water partition coefficient (Wildman–Crippen LogP) is 0.681. The number of carbonyl (C=O) groups excluding carboxylic acids is 1. The highest BCUT2D eigenvalue weighted by atomic mass is 16.2. The Hall–Kier alpha value is -0.610. The molecule has 17 heavy (non-hydrogen) atoms. The van der Waals surface area contributed by atoms with E-state index in [0.29, 0.717) is 11.9 Å². The van der Waals surface area contributed by atoms with Gasteiger partial charge in [-0.2, -0.15) is 0 Å². The average molecular weight is 239 g/mol. The third-order valence-electron chi connectivity index (χ3n) is 4.09. The summed E-state index contributed by atoms with van der Waals surface area (Å²) in [6.45, 7) is 9.32. The van der Waals surface area contributed by atoms with E-state index in [1.807, 2.05) is 0 Å². The Morgan fingerprint density at radius 1 is 1.35 bits per heavy atom. The van der Waals surface area contributed by atoms with E-state index >= 15 is 0 Å². The van der Waals surface area contributed by atoms with Gasteiger partial charge in [0.2, 0.25) is 5.91 Å². The molecule has 2 aliphatic heterocycles. The molecular formula is C13H25N3O. The lowest BCUT2D eigenvalue weighted by atomic mass is 10.0. The van der Waals surface area contributed by atoms with Gasteiger partial charge in [0.25, 0.3) is 0 Å². The van der Waals surface area contributed by atoms with Gasteiger partial charge < -0.3 is 10.2 Å². The molecule has 2 heterocycles. The first-order valence-electron chi connectivity index (χ1n) is 6.98. The van der Waals surface area contributed by atoms with Crippen molar-refractivity contribution in [3.8, 4) is 0 Å². The van der Waals surface area contributed by atoms with Gasteiger partial charge in [-0.3, -0.25) is 9.69 Å². The number of nitrogens with zero attached hydrogens (tertiary/aromatic N) is 2. The number of hydrogen-bond acceptors (Lipinski definition) is 3. The van der Waals surface area contributed by atoms with Crippen LogP contribution in [0.25, 0.3) is 0 Å². The van der Waals surface area contributed by atoms with Crippen LogP contribution >= 0.6 is 0 Å². The second-order valence-corrected chi connectivity index (χ2v) is 5.26. The summed E-state index contributed by atoms with van der Waals surface area (Å²) in [6, 6.07) is 0.588. The van der Waals surface area contributed by atoms with Gasteiger partial charge in [0.15, 0.2) is 0 Å². The summed E-state index contributed by atoms with van der Waals surface area (Å²) < 4.78 is 0. The highest BCUT2D eigenvalue weighted by Gasteiger charge is 2.30. The number of rotatable bonds is 2. The molecule has 2 unspecified atom stereocenters. The minimum Gasteiger partial charge on any atom is -0.339 e. The fourth-order valence-electron chi connectivity index (χ4n) is 2.95. The summed E-state index contributed by atoms with van der Waals surface area (Å²) in [6.07, 6.45) is 3.42. The maximum atomic E-state index is 12.3. The molecule has 0 aromatic heterocycles. The van der Waals surface area contributed by atoms with Crippen LogP contribution in [0.4, 0.5) is 0 Å². The summed E-state index contributed by atoms with van der Waals surface area (Å²) in [5.74, 6) is 0.326. The molecule has 0 bridgehead atoms. The van der Waals surface area contributed by atoms with Crippen molar-refractivity contribution in [3.63, 3.8) is 0 Å². The fraction of sp³-hybridized carbons (Fsp3) is 0.923. The lowest BCUT2D eigenvalue weighted by Gasteiger charge is -2.41. The number of carbonyl (C=O) groups is 1. The maximum Gasteiger partial charge on any atom is 0.239 e. The molecule has 2 fully saturated rings. The van der Waals surface area contributed by atoms with E-state index in [0.717, 1.165) is 39.1 Å². The number of likely N-dealkylation sites (N-methyl/N-ethyl adjacent to an activating group) is 1. The molecule has 0 aliphatic carbocycles. The molecule has 0 spiro atoms. The second kappa shape index (κ2) is 5.83.